The third-order valence-corrected chi connectivity index (χ3v) is 6.52. The summed E-state index contributed by atoms with van der Waals surface area (Å²) in [6.45, 7) is 1.52. The second kappa shape index (κ2) is 9.29. The van der Waals surface area contributed by atoms with E-state index in [1.54, 1.807) is 42.5 Å². The summed E-state index contributed by atoms with van der Waals surface area (Å²) in [4.78, 5) is 31.9. The van der Waals surface area contributed by atoms with Crippen molar-refractivity contribution in [3.05, 3.63) is 83.2 Å². The Morgan fingerprint density at radius 3 is 2.71 bits per heavy atom. The first kappa shape index (κ1) is 22.1. The van der Waals surface area contributed by atoms with Crippen LogP contribution in [0.2, 0.25) is 5.02 Å². The van der Waals surface area contributed by atoms with Crippen LogP contribution >= 0.6 is 22.9 Å². The van der Waals surface area contributed by atoms with Gasteiger partial charge < -0.3 is 10.1 Å². The zero-order valence-corrected chi connectivity index (χ0v) is 19.8. The molecule has 2 amide bonds. The molecule has 1 aromatic heterocycles. The largest absolute Gasteiger partial charge is 0.479 e. The Morgan fingerprint density at radius 2 is 1.91 bits per heavy atom. The highest BCUT2D eigenvalue weighted by atomic mass is 35.5. The Labute approximate surface area is 205 Å². The van der Waals surface area contributed by atoms with E-state index in [1.165, 1.54) is 4.90 Å². The van der Waals surface area contributed by atoms with Gasteiger partial charge in [-0.1, -0.05) is 48.0 Å². The Kier molecular flexibility index (Phi) is 6.04. The lowest BCUT2D eigenvalue weighted by molar-refractivity contribution is -0.127. The summed E-state index contributed by atoms with van der Waals surface area (Å²) < 4.78 is 5.80. The summed E-state index contributed by atoms with van der Waals surface area (Å²) in [5.74, 6) is -0.0693. The molecule has 1 aliphatic heterocycles. The first-order valence-electron chi connectivity index (χ1n) is 10.7. The number of carbonyl (C=O) groups excluding carboxylic acids is 2. The van der Waals surface area contributed by atoms with Gasteiger partial charge in [-0.05, 0) is 43.3 Å². The molecule has 1 unspecified atom stereocenters. The molecule has 34 heavy (non-hydrogen) atoms. The maximum absolute atomic E-state index is 13.0. The maximum atomic E-state index is 13.0. The van der Waals surface area contributed by atoms with Gasteiger partial charge in [0.25, 0.3) is 5.91 Å². The highest BCUT2D eigenvalue weighted by Gasteiger charge is 2.33. The number of nitrogens with zero attached hydrogens (tertiary/aromatic N) is 2. The van der Waals surface area contributed by atoms with Crippen LogP contribution in [-0.2, 0) is 9.59 Å². The summed E-state index contributed by atoms with van der Waals surface area (Å²) in [6.07, 6.45) is -0.693. The number of halogens is 1. The van der Waals surface area contributed by atoms with Crippen molar-refractivity contribution < 1.29 is 14.3 Å². The number of fused-ring (bicyclic) bond motifs is 1. The molecule has 0 radical (unpaired) electrons. The normalized spacial score (nSPS) is 14.9. The van der Waals surface area contributed by atoms with Gasteiger partial charge in [-0.15, -0.1) is 11.3 Å². The number of ether oxygens (including phenoxy) is 1. The van der Waals surface area contributed by atoms with Crippen LogP contribution in [0, 0.1) is 0 Å². The average molecular weight is 490 g/mol. The molecule has 2 heterocycles. The maximum Gasteiger partial charge on any atom is 0.268 e. The lowest BCUT2D eigenvalue weighted by atomic mass is 10.1. The fourth-order valence-corrected chi connectivity index (χ4v) is 4.78. The zero-order chi connectivity index (χ0) is 23.7. The summed E-state index contributed by atoms with van der Waals surface area (Å²) in [5, 5.41) is 6.20. The molecule has 0 fully saturated rings. The van der Waals surface area contributed by atoms with Gasteiger partial charge in [-0.2, -0.15) is 0 Å². The van der Waals surface area contributed by atoms with Gasteiger partial charge in [0.15, 0.2) is 6.10 Å². The van der Waals surface area contributed by atoms with E-state index in [-0.39, 0.29) is 18.4 Å². The van der Waals surface area contributed by atoms with Crippen molar-refractivity contribution in [3.8, 4) is 27.6 Å². The van der Waals surface area contributed by atoms with Crippen LogP contribution < -0.4 is 15.0 Å². The number of hydrogen-bond donors (Lipinski definition) is 1. The second-order valence-corrected chi connectivity index (χ2v) is 9.12. The Balaban J connectivity index is 1.43. The number of benzene rings is 3. The monoisotopic (exact) mass is 489 g/mol. The summed E-state index contributed by atoms with van der Waals surface area (Å²) >= 11 is 7.56. The van der Waals surface area contributed by atoms with Gasteiger partial charge in [0.05, 0.1) is 11.4 Å². The number of thiazole rings is 1. The summed E-state index contributed by atoms with van der Waals surface area (Å²) in [6, 6.07) is 22.4. The summed E-state index contributed by atoms with van der Waals surface area (Å²) in [5.41, 5.74) is 3.78. The predicted octanol–water partition coefficient (Wildman–Crippen LogP) is 5.88. The predicted molar refractivity (Wildman–Crippen MR) is 136 cm³/mol. The first-order valence-corrected chi connectivity index (χ1v) is 11.9. The van der Waals surface area contributed by atoms with Crippen molar-refractivity contribution in [1.82, 2.24) is 4.98 Å². The molecule has 1 N–H and O–H groups in total. The van der Waals surface area contributed by atoms with Crippen LogP contribution in [0.3, 0.4) is 0 Å². The van der Waals surface area contributed by atoms with Gasteiger partial charge in [-0.25, -0.2) is 4.98 Å². The molecule has 1 aliphatic rings. The van der Waals surface area contributed by atoms with Crippen LogP contribution in [-0.4, -0.2) is 29.4 Å². The standard InChI is InChI=1S/C26H20ClN3O3S/c1-16-26(32)30(14-24(31)28-20-9-5-8-19(27)13-20)22-12-18(10-11-23(22)33-16)21-15-34-25(29-21)17-6-3-2-4-7-17/h2-13,15-16H,14H2,1H3,(H,28,31). The number of amides is 2. The van der Waals surface area contributed by atoms with E-state index in [0.717, 1.165) is 21.8 Å². The zero-order valence-electron chi connectivity index (χ0n) is 18.2. The van der Waals surface area contributed by atoms with E-state index in [2.05, 4.69) is 5.32 Å². The molecule has 0 bridgehead atoms. The van der Waals surface area contributed by atoms with E-state index in [1.807, 2.05) is 53.9 Å². The molecule has 0 aliphatic carbocycles. The molecule has 0 saturated heterocycles. The molecule has 5 rings (SSSR count). The molecule has 6 nitrogen and oxygen atoms in total. The molecule has 0 spiro atoms. The van der Waals surface area contributed by atoms with Crippen molar-refractivity contribution in [2.24, 2.45) is 0 Å². The Hall–Kier alpha value is -3.68. The molecular formula is C26H20ClN3O3S. The van der Waals surface area contributed by atoms with Gasteiger partial charge in [0.1, 0.15) is 17.3 Å². The van der Waals surface area contributed by atoms with E-state index in [4.69, 9.17) is 21.3 Å². The third-order valence-electron chi connectivity index (χ3n) is 5.40. The fraction of sp³-hybridized carbons (Fsp3) is 0.115. The quantitative estimate of drug-likeness (QED) is 0.380. The number of hydrogen-bond acceptors (Lipinski definition) is 5. The van der Waals surface area contributed by atoms with E-state index in [9.17, 15) is 9.59 Å². The summed E-state index contributed by atoms with van der Waals surface area (Å²) in [7, 11) is 0. The van der Waals surface area contributed by atoms with Gasteiger partial charge in [0.2, 0.25) is 5.91 Å². The van der Waals surface area contributed by atoms with Crippen LogP contribution in [0.1, 0.15) is 6.92 Å². The van der Waals surface area contributed by atoms with Crippen LogP contribution in [0.15, 0.2) is 78.2 Å². The smallest absolute Gasteiger partial charge is 0.268 e. The number of aromatic nitrogens is 1. The molecule has 4 aromatic rings. The first-order chi connectivity index (χ1) is 16.5. The highest BCUT2D eigenvalue weighted by molar-refractivity contribution is 7.13. The van der Waals surface area contributed by atoms with Crippen molar-refractivity contribution in [3.63, 3.8) is 0 Å². The van der Waals surface area contributed by atoms with Crippen LogP contribution in [0.5, 0.6) is 5.75 Å². The van der Waals surface area contributed by atoms with Gasteiger partial charge >= 0.3 is 0 Å². The van der Waals surface area contributed by atoms with Crippen molar-refractivity contribution in [2.75, 3.05) is 16.8 Å². The molecule has 0 saturated carbocycles. The third kappa shape index (κ3) is 4.53. The lowest BCUT2D eigenvalue weighted by Gasteiger charge is -2.32. The Morgan fingerprint density at radius 1 is 1.09 bits per heavy atom. The SMILES string of the molecule is CC1Oc2ccc(-c3csc(-c4ccccc4)n3)cc2N(CC(=O)Nc2cccc(Cl)c2)C1=O. The molecular weight excluding hydrogens is 470 g/mol. The Bertz CT molecular complexity index is 1370. The van der Waals surface area contributed by atoms with Crippen LogP contribution in [0.25, 0.3) is 21.8 Å². The minimum absolute atomic E-state index is 0.151. The number of carbonyl (C=O) groups is 2. The minimum Gasteiger partial charge on any atom is -0.479 e. The minimum atomic E-state index is -0.693. The number of rotatable bonds is 5. The van der Waals surface area contributed by atoms with Gasteiger partial charge in [-0.3, -0.25) is 14.5 Å². The van der Waals surface area contributed by atoms with Crippen molar-refractivity contribution >= 4 is 46.1 Å². The van der Waals surface area contributed by atoms with Gasteiger partial charge in [0, 0.05) is 27.2 Å². The molecule has 1 atom stereocenters. The second-order valence-electron chi connectivity index (χ2n) is 7.83. The molecule has 170 valence electrons. The average Bonchev–Trinajstić information content (AvgIpc) is 3.33. The number of nitrogens with one attached hydrogen (secondary N) is 1. The van der Waals surface area contributed by atoms with E-state index >= 15 is 0 Å². The van der Waals surface area contributed by atoms with Crippen molar-refractivity contribution in [1.29, 1.82) is 0 Å². The lowest BCUT2D eigenvalue weighted by Crippen LogP contribution is -2.47. The topological polar surface area (TPSA) is 71.5 Å². The number of anilines is 2. The fourth-order valence-electron chi connectivity index (χ4n) is 3.76. The van der Waals surface area contributed by atoms with Crippen LogP contribution in [0.4, 0.5) is 11.4 Å². The highest BCUT2D eigenvalue weighted by Crippen LogP contribution is 2.38. The van der Waals surface area contributed by atoms with E-state index < -0.39 is 6.10 Å². The molecule has 3 aromatic carbocycles. The molecule has 8 heteroatoms. The van der Waals surface area contributed by atoms with Crippen molar-refractivity contribution in [2.45, 2.75) is 13.0 Å². The van der Waals surface area contributed by atoms with E-state index in [0.29, 0.717) is 22.1 Å².